The minimum Gasteiger partial charge on any atom is -0.495 e. The fourth-order valence-electron chi connectivity index (χ4n) is 3.01. The Morgan fingerprint density at radius 3 is 2.74 bits per heavy atom. The zero-order chi connectivity index (χ0) is 13.8. The van der Waals surface area contributed by atoms with E-state index in [9.17, 15) is 5.26 Å². The van der Waals surface area contributed by atoms with Gasteiger partial charge in [-0.25, -0.2) is 0 Å². The van der Waals surface area contributed by atoms with Crippen molar-refractivity contribution in [3.05, 3.63) is 23.8 Å². The van der Waals surface area contributed by atoms with Crippen molar-refractivity contribution in [2.45, 2.75) is 39.2 Å². The third kappa shape index (κ3) is 3.01. The molecule has 0 heterocycles. The van der Waals surface area contributed by atoms with Gasteiger partial charge >= 0.3 is 0 Å². The summed E-state index contributed by atoms with van der Waals surface area (Å²) in [6, 6.07) is 8.26. The Balaban J connectivity index is 2.21. The minimum absolute atomic E-state index is 0.430. The number of hydrogen-bond donors (Lipinski definition) is 1. The molecular formula is C16H22N2O. The molecule has 1 saturated carbocycles. The molecule has 3 heteroatoms. The van der Waals surface area contributed by atoms with E-state index in [-0.39, 0.29) is 0 Å². The molecule has 102 valence electrons. The largest absolute Gasteiger partial charge is 0.495 e. The molecule has 0 bridgehead atoms. The van der Waals surface area contributed by atoms with E-state index in [2.05, 4.69) is 25.2 Å². The fraction of sp³-hybridized carbons (Fsp3) is 0.562. The molecule has 1 aromatic carbocycles. The van der Waals surface area contributed by atoms with Gasteiger partial charge in [-0.1, -0.05) is 19.9 Å². The van der Waals surface area contributed by atoms with Crippen LogP contribution in [0.15, 0.2) is 18.2 Å². The Morgan fingerprint density at radius 1 is 1.32 bits per heavy atom. The maximum absolute atomic E-state index is 9.23. The quantitative estimate of drug-likeness (QED) is 0.896. The first kappa shape index (κ1) is 13.7. The zero-order valence-corrected chi connectivity index (χ0v) is 11.9. The van der Waals surface area contributed by atoms with Crippen LogP contribution in [0.1, 0.15) is 38.7 Å². The Bertz CT molecular complexity index is 478. The van der Waals surface area contributed by atoms with Gasteiger partial charge in [-0.05, 0) is 43.2 Å². The standard InChI is InChI=1S/C16H22N2O/c1-11-7-8-14(12(2)9-11)18-16-13(10-17)5-4-6-15(16)19-3/h4-6,11-12,14,18H,7-9H2,1-3H3. The van der Waals surface area contributed by atoms with Gasteiger partial charge in [-0.3, -0.25) is 0 Å². The van der Waals surface area contributed by atoms with Crippen LogP contribution >= 0.6 is 0 Å². The van der Waals surface area contributed by atoms with Crippen LogP contribution in [0.3, 0.4) is 0 Å². The summed E-state index contributed by atoms with van der Waals surface area (Å²) in [4.78, 5) is 0. The van der Waals surface area contributed by atoms with E-state index in [0.29, 0.717) is 17.5 Å². The first-order valence-corrected chi connectivity index (χ1v) is 6.99. The van der Waals surface area contributed by atoms with Crippen molar-refractivity contribution in [2.75, 3.05) is 12.4 Å². The smallest absolute Gasteiger partial charge is 0.143 e. The number of hydrogen-bond acceptors (Lipinski definition) is 3. The van der Waals surface area contributed by atoms with E-state index in [0.717, 1.165) is 23.8 Å². The molecule has 1 aliphatic carbocycles. The number of nitrogens with one attached hydrogen (secondary N) is 1. The molecule has 3 nitrogen and oxygen atoms in total. The second kappa shape index (κ2) is 5.97. The molecular weight excluding hydrogens is 236 g/mol. The van der Waals surface area contributed by atoms with Gasteiger partial charge in [-0.15, -0.1) is 0 Å². The number of anilines is 1. The SMILES string of the molecule is COc1cccc(C#N)c1NC1CCC(C)CC1C. The highest BCUT2D eigenvalue weighted by atomic mass is 16.5. The van der Waals surface area contributed by atoms with Crippen LogP contribution in [-0.2, 0) is 0 Å². The predicted molar refractivity (Wildman–Crippen MR) is 77.3 cm³/mol. The van der Waals surface area contributed by atoms with Gasteiger partial charge in [0.1, 0.15) is 11.8 Å². The number of benzene rings is 1. The number of para-hydroxylation sites is 1. The molecule has 1 aliphatic rings. The summed E-state index contributed by atoms with van der Waals surface area (Å²) in [6.07, 6.45) is 3.65. The van der Waals surface area contributed by atoms with E-state index in [1.54, 1.807) is 7.11 Å². The lowest BCUT2D eigenvalue weighted by Gasteiger charge is -2.34. The van der Waals surface area contributed by atoms with E-state index < -0.39 is 0 Å². The maximum Gasteiger partial charge on any atom is 0.143 e. The molecule has 3 atom stereocenters. The fourth-order valence-corrected chi connectivity index (χ4v) is 3.01. The Morgan fingerprint density at radius 2 is 2.11 bits per heavy atom. The predicted octanol–water partition coefficient (Wildman–Crippen LogP) is 3.80. The summed E-state index contributed by atoms with van der Waals surface area (Å²) in [5, 5.41) is 12.8. The van der Waals surface area contributed by atoms with Crippen LogP contribution in [0.5, 0.6) is 5.75 Å². The van der Waals surface area contributed by atoms with Gasteiger partial charge in [-0.2, -0.15) is 5.26 Å². The maximum atomic E-state index is 9.23. The first-order valence-electron chi connectivity index (χ1n) is 6.99. The molecule has 0 amide bonds. The van der Waals surface area contributed by atoms with Crippen LogP contribution < -0.4 is 10.1 Å². The topological polar surface area (TPSA) is 45.0 Å². The lowest BCUT2D eigenvalue weighted by Crippen LogP contribution is -2.33. The van der Waals surface area contributed by atoms with Crippen molar-refractivity contribution in [2.24, 2.45) is 11.8 Å². The van der Waals surface area contributed by atoms with Crippen LogP contribution in [-0.4, -0.2) is 13.2 Å². The molecule has 0 aliphatic heterocycles. The Hall–Kier alpha value is -1.69. The highest BCUT2D eigenvalue weighted by Gasteiger charge is 2.26. The summed E-state index contributed by atoms with van der Waals surface area (Å²) in [7, 11) is 1.65. The Kier molecular flexibility index (Phi) is 4.31. The van der Waals surface area contributed by atoms with E-state index >= 15 is 0 Å². The highest BCUT2D eigenvalue weighted by Crippen LogP contribution is 2.34. The monoisotopic (exact) mass is 258 g/mol. The molecule has 3 unspecified atom stereocenters. The number of methoxy groups -OCH3 is 1. The summed E-state index contributed by atoms with van der Waals surface area (Å²) < 4.78 is 5.37. The summed E-state index contributed by atoms with van der Waals surface area (Å²) in [6.45, 7) is 4.60. The van der Waals surface area contributed by atoms with Crippen molar-refractivity contribution >= 4 is 5.69 Å². The van der Waals surface area contributed by atoms with Gasteiger partial charge < -0.3 is 10.1 Å². The normalized spacial score (nSPS) is 26.5. The lowest BCUT2D eigenvalue weighted by atomic mass is 9.79. The average molecular weight is 258 g/mol. The third-order valence-corrected chi connectivity index (χ3v) is 4.13. The molecule has 2 rings (SSSR count). The Labute approximate surface area is 115 Å². The molecule has 1 aromatic rings. The van der Waals surface area contributed by atoms with Crippen molar-refractivity contribution in [3.63, 3.8) is 0 Å². The lowest BCUT2D eigenvalue weighted by molar-refractivity contribution is 0.276. The molecule has 0 aromatic heterocycles. The number of rotatable bonds is 3. The molecule has 0 saturated heterocycles. The van der Waals surface area contributed by atoms with E-state index in [1.165, 1.54) is 12.8 Å². The van der Waals surface area contributed by atoms with Crippen molar-refractivity contribution in [1.82, 2.24) is 0 Å². The van der Waals surface area contributed by atoms with Gasteiger partial charge in [0.05, 0.1) is 18.4 Å². The number of nitriles is 1. The highest BCUT2D eigenvalue weighted by molar-refractivity contribution is 5.66. The first-order chi connectivity index (χ1) is 9.15. The zero-order valence-electron chi connectivity index (χ0n) is 11.9. The molecule has 1 fully saturated rings. The molecule has 0 radical (unpaired) electrons. The van der Waals surface area contributed by atoms with Crippen molar-refractivity contribution in [3.8, 4) is 11.8 Å². The van der Waals surface area contributed by atoms with Crippen molar-refractivity contribution < 1.29 is 4.74 Å². The summed E-state index contributed by atoms with van der Waals surface area (Å²) in [5.41, 5.74) is 1.50. The molecule has 19 heavy (non-hydrogen) atoms. The minimum atomic E-state index is 0.430. The van der Waals surface area contributed by atoms with Gasteiger partial charge in [0.2, 0.25) is 0 Å². The summed E-state index contributed by atoms with van der Waals surface area (Å²) in [5.74, 6) is 2.19. The van der Waals surface area contributed by atoms with Crippen LogP contribution in [0.2, 0.25) is 0 Å². The van der Waals surface area contributed by atoms with Crippen molar-refractivity contribution in [1.29, 1.82) is 5.26 Å². The van der Waals surface area contributed by atoms with Crippen LogP contribution in [0.25, 0.3) is 0 Å². The average Bonchev–Trinajstić information content (AvgIpc) is 2.42. The molecule has 1 N–H and O–H groups in total. The van der Waals surface area contributed by atoms with Gasteiger partial charge in [0, 0.05) is 6.04 Å². The second-order valence-corrected chi connectivity index (χ2v) is 5.64. The molecule has 0 spiro atoms. The van der Waals surface area contributed by atoms with E-state index in [1.807, 2.05) is 18.2 Å². The summed E-state index contributed by atoms with van der Waals surface area (Å²) >= 11 is 0. The van der Waals surface area contributed by atoms with E-state index in [4.69, 9.17) is 4.74 Å². The second-order valence-electron chi connectivity index (χ2n) is 5.64. The van der Waals surface area contributed by atoms with Gasteiger partial charge in [0.15, 0.2) is 0 Å². The third-order valence-electron chi connectivity index (χ3n) is 4.13. The number of nitrogens with zero attached hydrogens (tertiary/aromatic N) is 1. The van der Waals surface area contributed by atoms with Crippen LogP contribution in [0.4, 0.5) is 5.69 Å². The van der Waals surface area contributed by atoms with Crippen LogP contribution in [0, 0.1) is 23.2 Å². The van der Waals surface area contributed by atoms with Gasteiger partial charge in [0.25, 0.3) is 0 Å². The number of ether oxygens (including phenoxy) is 1.